The Morgan fingerprint density at radius 3 is 3.24 bits per heavy atom. The molecule has 0 bridgehead atoms. The first-order valence-corrected chi connectivity index (χ1v) is 7.54. The second-order valence-corrected chi connectivity index (χ2v) is 6.04. The molecule has 21 heavy (non-hydrogen) atoms. The Bertz CT molecular complexity index is 837. The van der Waals surface area contributed by atoms with Gasteiger partial charge in [-0.3, -0.25) is 14.9 Å². The Balaban J connectivity index is 1.80. The minimum atomic E-state index is -0.0714. The Morgan fingerprint density at radius 1 is 1.48 bits per heavy atom. The molecule has 0 unspecified atom stereocenters. The third-order valence-electron chi connectivity index (χ3n) is 3.72. The number of nitrogen functional groups attached to an aromatic ring is 1. The van der Waals surface area contributed by atoms with Crippen molar-refractivity contribution in [1.29, 1.82) is 0 Å². The molecule has 7 heteroatoms. The lowest BCUT2D eigenvalue weighted by atomic mass is 10.1. The van der Waals surface area contributed by atoms with Gasteiger partial charge in [-0.2, -0.15) is 5.10 Å². The van der Waals surface area contributed by atoms with E-state index in [9.17, 15) is 4.79 Å². The number of nitrogens with two attached hydrogens (primary N) is 1. The topological polar surface area (TPSA) is 87.9 Å². The van der Waals surface area contributed by atoms with Crippen molar-refractivity contribution >= 4 is 38.8 Å². The van der Waals surface area contributed by atoms with Gasteiger partial charge in [-0.1, -0.05) is 0 Å². The van der Waals surface area contributed by atoms with Crippen LogP contribution in [0.15, 0.2) is 24.5 Å². The van der Waals surface area contributed by atoms with E-state index in [4.69, 9.17) is 5.73 Å². The Kier molecular flexibility index (Phi) is 2.68. The number of thiophene rings is 1. The van der Waals surface area contributed by atoms with E-state index in [0.717, 1.165) is 28.9 Å². The van der Waals surface area contributed by atoms with Crippen LogP contribution in [0, 0.1) is 0 Å². The summed E-state index contributed by atoms with van der Waals surface area (Å²) in [5.41, 5.74) is 9.16. The molecule has 0 radical (unpaired) electrons. The number of nitrogens with zero attached hydrogens (tertiary/aromatic N) is 3. The molecule has 0 atom stereocenters. The van der Waals surface area contributed by atoms with E-state index in [0.29, 0.717) is 22.6 Å². The molecule has 3 aromatic heterocycles. The highest BCUT2D eigenvalue weighted by molar-refractivity contribution is 7.21. The van der Waals surface area contributed by atoms with E-state index in [1.807, 2.05) is 12.1 Å². The number of carbonyl (C=O) groups excluding carboxylic acids is 1. The summed E-state index contributed by atoms with van der Waals surface area (Å²) >= 11 is 1.39. The third kappa shape index (κ3) is 1.81. The molecule has 0 saturated heterocycles. The van der Waals surface area contributed by atoms with Crippen molar-refractivity contribution in [2.24, 2.45) is 0 Å². The minimum Gasteiger partial charge on any atom is -0.396 e. The highest BCUT2D eigenvalue weighted by atomic mass is 32.1. The van der Waals surface area contributed by atoms with Crippen LogP contribution in [0.4, 0.5) is 11.4 Å². The average Bonchev–Trinajstić information content (AvgIpc) is 3.11. The zero-order chi connectivity index (χ0) is 14.4. The third-order valence-corrected chi connectivity index (χ3v) is 4.86. The van der Waals surface area contributed by atoms with Crippen molar-refractivity contribution in [2.75, 3.05) is 17.2 Å². The van der Waals surface area contributed by atoms with Crippen LogP contribution in [0.1, 0.15) is 21.8 Å². The van der Waals surface area contributed by atoms with Gasteiger partial charge in [-0.15, -0.1) is 11.3 Å². The number of aromatic nitrogens is 3. The number of H-pyrrole nitrogens is 1. The van der Waals surface area contributed by atoms with Crippen LogP contribution in [-0.2, 0) is 6.42 Å². The molecule has 106 valence electrons. The number of rotatable bonds is 1. The fourth-order valence-corrected chi connectivity index (χ4v) is 3.73. The number of carbonyl (C=O) groups is 1. The first-order valence-electron chi connectivity index (χ1n) is 6.73. The van der Waals surface area contributed by atoms with Gasteiger partial charge in [0.05, 0.1) is 28.0 Å². The first kappa shape index (κ1) is 12.3. The number of pyridine rings is 1. The predicted octanol–water partition coefficient (Wildman–Crippen LogP) is 2.19. The summed E-state index contributed by atoms with van der Waals surface area (Å²) in [5, 5.41) is 6.99. The Hall–Kier alpha value is -2.41. The number of amides is 1. The molecule has 4 rings (SSSR count). The van der Waals surface area contributed by atoms with Gasteiger partial charge in [0.2, 0.25) is 0 Å². The molecule has 1 aliphatic heterocycles. The van der Waals surface area contributed by atoms with E-state index in [1.165, 1.54) is 11.3 Å². The van der Waals surface area contributed by atoms with Gasteiger partial charge in [0.1, 0.15) is 10.4 Å². The Labute approximate surface area is 124 Å². The quantitative estimate of drug-likeness (QED) is 0.721. The summed E-state index contributed by atoms with van der Waals surface area (Å²) in [7, 11) is 0. The molecular weight excluding hydrogens is 286 g/mol. The molecule has 0 fully saturated rings. The predicted molar refractivity (Wildman–Crippen MR) is 82.6 cm³/mol. The van der Waals surface area contributed by atoms with Gasteiger partial charge in [-0.25, -0.2) is 0 Å². The van der Waals surface area contributed by atoms with E-state index in [-0.39, 0.29) is 5.91 Å². The molecular formula is C14H13N5OS. The molecule has 3 aromatic rings. The number of hydrogen-bond donors (Lipinski definition) is 2. The maximum absolute atomic E-state index is 12.8. The molecule has 3 N–H and O–H groups in total. The fourth-order valence-electron chi connectivity index (χ4n) is 2.70. The molecule has 1 aliphatic rings. The van der Waals surface area contributed by atoms with Gasteiger partial charge in [0, 0.05) is 12.7 Å². The lowest BCUT2D eigenvalue weighted by Crippen LogP contribution is -2.34. The number of aryl methyl sites for hydroxylation is 1. The van der Waals surface area contributed by atoms with Crippen LogP contribution in [-0.4, -0.2) is 27.6 Å². The van der Waals surface area contributed by atoms with Crippen molar-refractivity contribution in [3.05, 3.63) is 35.1 Å². The second kappa shape index (κ2) is 4.56. The minimum absolute atomic E-state index is 0.0714. The van der Waals surface area contributed by atoms with Crippen molar-refractivity contribution in [3.8, 4) is 0 Å². The van der Waals surface area contributed by atoms with E-state index >= 15 is 0 Å². The van der Waals surface area contributed by atoms with Crippen LogP contribution in [0.25, 0.3) is 10.2 Å². The maximum atomic E-state index is 12.8. The summed E-state index contributed by atoms with van der Waals surface area (Å²) in [5.74, 6) is -0.0714. The van der Waals surface area contributed by atoms with Crippen molar-refractivity contribution in [1.82, 2.24) is 15.2 Å². The highest BCUT2D eigenvalue weighted by Crippen LogP contribution is 2.35. The monoisotopic (exact) mass is 299 g/mol. The van der Waals surface area contributed by atoms with Crippen LogP contribution in [0.3, 0.4) is 0 Å². The molecule has 6 nitrogen and oxygen atoms in total. The number of aromatic amines is 1. The van der Waals surface area contributed by atoms with Crippen LogP contribution < -0.4 is 10.6 Å². The SMILES string of the molecule is Nc1c(C(=O)N2CCCc3[nH]ncc32)sc2cccnc12. The van der Waals surface area contributed by atoms with Crippen molar-refractivity contribution in [3.63, 3.8) is 0 Å². The number of anilines is 2. The van der Waals surface area contributed by atoms with Crippen molar-refractivity contribution in [2.45, 2.75) is 12.8 Å². The number of nitrogens with one attached hydrogen (secondary N) is 1. The van der Waals surface area contributed by atoms with Crippen LogP contribution in [0.5, 0.6) is 0 Å². The van der Waals surface area contributed by atoms with Gasteiger partial charge < -0.3 is 10.6 Å². The second-order valence-electron chi connectivity index (χ2n) is 4.99. The van der Waals surface area contributed by atoms with E-state index in [2.05, 4.69) is 15.2 Å². The van der Waals surface area contributed by atoms with E-state index in [1.54, 1.807) is 17.3 Å². The standard InChI is InChI=1S/C14H13N5OS/c15-11-12-10(4-1-5-16-12)21-13(11)14(20)19-6-2-3-8-9(19)7-17-18-8/h1,4-5,7H,2-3,6,15H2,(H,17,18). The maximum Gasteiger partial charge on any atom is 0.270 e. The average molecular weight is 299 g/mol. The fraction of sp³-hybridized carbons (Fsp3) is 0.214. The van der Waals surface area contributed by atoms with Crippen LogP contribution >= 0.6 is 11.3 Å². The molecule has 1 amide bonds. The summed E-state index contributed by atoms with van der Waals surface area (Å²) in [4.78, 5) is 19.4. The molecule has 0 aliphatic carbocycles. The first-order chi connectivity index (χ1) is 10.3. The summed E-state index contributed by atoms with van der Waals surface area (Å²) in [6.45, 7) is 0.687. The number of hydrogen-bond acceptors (Lipinski definition) is 5. The lowest BCUT2D eigenvalue weighted by molar-refractivity contribution is 0.0990. The smallest absolute Gasteiger partial charge is 0.270 e. The Morgan fingerprint density at radius 2 is 2.38 bits per heavy atom. The van der Waals surface area contributed by atoms with Gasteiger partial charge in [-0.05, 0) is 25.0 Å². The van der Waals surface area contributed by atoms with Crippen LogP contribution in [0.2, 0.25) is 0 Å². The summed E-state index contributed by atoms with van der Waals surface area (Å²) in [6, 6.07) is 3.78. The highest BCUT2D eigenvalue weighted by Gasteiger charge is 2.28. The molecule has 0 spiro atoms. The van der Waals surface area contributed by atoms with Crippen molar-refractivity contribution < 1.29 is 4.79 Å². The normalized spacial score (nSPS) is 14.4. The van der Waals surface area contributed by atoms with E-state index < -0.39 is 0 Å². The molecule has 0 aromatic carbocycles. The van der Waals surface area contributed by atoms with Gasteiger partial charge in [0.25, 0.3) is 5.91 Å². The number of fused-ring (bicyclic) bond motifs is 2. The summed E-state index contributed by atoms with van der Waals surface area (Å²) < 4.78 is 0.933. The zero-order valence-corrected chi connectivity index (χ0v) is 12.0. The molecule has 0 saturated carbocycles. The summed E-state index contributed by atoms with van der Waals surface area (Å²) in [6.07, 6.45) is 5.23. The van der Waals surface area contributed by atoms with Gasteiger partial charge >= 0.3 is 0 Å². The zero-order valence-electron chi connectivity index (χ0n) is 11.2. The lowest BCUT2D eigenvalue weighted by Gasteiger charge is -2.25. The molecule has 4 heterocycles. The largest absolute Gasteiger partial charge is 0.396 e. The van der Waals surface area contributed by atoms with Gasteiger partial charge in [0.15, 0.2) is 0 Å².